The number of rotatable bonds is 6. The molecule has 1 fully saturated rings. The molecule has 220 valence electrons. The number of aliphatic carboxylic acids is 1. The van der Waals surface area contributed by atoms with Gasteiger partial charge < -0.3 is 26.0 Å². The Hall–Kier alpha value is -4.10. The van der Waals surface area contributed by atoms with Gasteiger partial charge in [-0.1, -0.05) is 29.8 Å². The molecule has 1 aliphatic rings. The zero-order valence-electron chi connectivity index (χ0n) is 22.3. The number of nitrogens with zero attached hydrogens (tertiary/aromatic N) is 3. The number of para-hydroxylation sites is 1. The molecule has 1 saturated heterocycles. The highest BCUT2D eigenvalue weighted by Crippen LogP contribution is 2.21. The number of anilines is 2. The lowest BCUT2D eigenvalue weighted by Gasteiger charge is -2.34. The summed E-state index contributed by atoms with van der Waals surface area (Å²) in [6.45, 7) is 6.39. The first kappa shape index (κ1) is 31.4. The van der Waals surface area contributed by atoms with Gasteiger partial charge in [-0.3, -0.25) is 4.79 Å². The largest absolute Gasteiger partial charge is 0.490 e. The summed E-state index contributed by atoms with van der Waals surface area (Å²) in [5.41, 5.74) is 2.33. The molecule has 1 aliphatic heterocycles. The highest BCUT2D eigenvalue weighted by molar-refractivity contribution is 6.33. The molecule has 2 heterocycles. The van der Waals surface area contributed by atoms with Gasteiger partial charge in [-0.25, -0.2) is 14.3 Å². The predicted molar refractivity (Wildman–Crippen MR) is 149 cm³/mol. The maximum absolute atomic E-state index is 12.8. The summed E-state index contributed by atoms with van der Waals surface area (Å²) in [7, 11) is 0. The van der Waals surface area contributed by atoms with Gasteiger partial charge in [0.25, 0.3) is 5.91 Å². The quantitative estimate of drug-likeness (QED) is 0.302. The van der Waals surface area contributed by atoms with Crippen LogP contribution in [0.25, 0.3) is 5.69 Å². The molecule has 0 atom stereocenters. The van der Waals surface area contributed by atoms with E-state index in [-0.39, 0.29) is 11.9 Å². The van der Waals surface area contributed by atoms with Gasteiger partial charge in [0.15, 0.2) is 0 Å². The Labute approximate surface area is 239 Å². The van der Waals surface area contributed by atoms with E-state index in [9.17, 15) is 22.8 Å². The van der Waals surface area contributed by atoms with Crippen LogP contribution in [0.5, 0.6) is 0 Å². The number of hydrogen-bond acceptors (Lipinski definition) is 5. The Balaban J connectivity index is 0.000000587. The van der Waals surface area contributed by atoms with Gasteiger partial charge >= 0.3 is 18.2 Å². The van der Waals surface area contributed by atoms with Gasteiger partial charge in [0.1, 0.15) is 0 Å². The lowest BCUT2D eigenvalue weighted by atomic mass is 10.0. The number of hydrogen-bond donors (Lipinski definition) is 4. The highest BCUT2D eigenvalue weighted by atomic mass is 35.5. The minimum Gasteiger partial charge on any atom is -0.475 e. The van der Waals surface area contributed by atoms with Crippen LogP contribution in [0.2, 0.25) is 5.02 Å². The van der Waals surface area contributed by atoms with Crippen molar-refractivity contribution in [3.8, 4) is 5.69 Å². The van der Waals surface area contributed by atoms with Crippen molar-refractivity contribution in [2.24, 2.45) is 0 Å². The van der Waals surface area contributed by atoms with E-state index in [0.717, 1.165) is 31.6 Å². The van der Waals surface area contributed by atoms with Crippen molar-refractivity contribution in [1.82, 2.24) is 20.0 Å². The van der Waals surface area contributed by atoms with E-state index in [1.165, 1.54) is 0 Å². The SMILES string of the molecule is CC(C)N1CCC(NC(=O)c2cccc(-n3cc(NC(=O)Nc4ccccc4Cl)cn3)c2)CC1.O=C(O)C(F)(F)F. The van der Waals surface area contributed by atoms with Crippen molar-refractivity contribution in [1.29, 1.82) is 0 Å². The van der Waals surface area contributed by atoms with Crippen LogP contribution >= 0.6 is 11.6 Å². The second kappa shape index (κ2) is 14.0. The molecule has 10 nitrogen and oxygen atoms in total. The van der Waals surface area contributed by atoms with Gasteiger partial charge in [-0.05, 0) is 57.0 Å². The van der Waals surface area contributed by atoms with Crippen molar-refractivity contribution in [2.45, 2.75) is 44.9 Å². The molecule has 1 aromatic heterocycles. The van der Waals surface area contributed by atoms with Crippen molar-refractivity contribution >= 4 is 40.9 Å². The summed E-state index contributed by atoms with van der Waals surface area (Å²) in [6.07, 6.45) is 0.0500. The number of amides is 3. The molecule has 0 spiro atoms. The second-order valence-electron chi connectivity index (χ2n) is 9.46. The van der Waals surface area contributed by atoms with Gasteiger partial charge in [0.05, 0.1) is 34.5 Å². The fraction of sp³-hybridized carbons (Fsp3) is 0.333. The normalized spacial score (nSPS) is 14.1. The van der Waals surface area contributed by atoms with E-state index in [1.807, 2.05) is 12.1 Å². The van der Waals surface area contributed by atoms with E-state index < -0.39 is 18.2 Å². The van der Waals surface area contributed by atoms with Crippen LogP contribution in [0.4, 0.5) is 29.3 Å². The molecule has 4 N–H and O–H groups in total. The number of carbonyl (C=O) groups excluding carboxylic acids is 2. The second-order valence-corrected chi connectivity index (χ2v) is 9.87. The lowest BCUT2D eigenvalue weighted by molar-refractivity contribution is -0.192. The molecule has 3 aromatic rings. The molecule has 0 saturated carbocycles. The number of aromatic nitrogens is 2. The summed E-state index contributed by atoms with van der Waals surface area (Å²) >= 11 is 6.08. The molecule has 3 amide bonds. The smallest absolute Gasteiger partial charge is 0.475 e. The van der Waals surface area contributed by atoms with E-state index in [0.29, 0.717) is 28.0 Å². The Morgan fingerprint density at radius 3 is 2.32 bits per heavy atom. The third kappa shape index (κ3) is 9.50. The van der Waals surface area contributed by atoms with E-state index in [2.05, 4.69) is 39.8 Å². The number of urea groups is 1. The summed E-state index contributed by atoms with van der Waals surface area (Å²) < 4.78 is 33.4. The summed E-state index contributed by atoms with van der Waals surface area (Å²) in [5, 5.41) is 20.5. The molecule has 14 heteroatoms. The van der Waals surface area contributed by atoms with Crippen LogP contribution in [0, 0.1) is 0 Å². The molecule has 4 rings (SSSR count). The third-order valence-corrected chi connectivity index (χ3v) is 6.50. The fourth-order valence-corrected chi connectivity index (χ4v) is 4.18. The fourth-order valence-electron chi connectivity index (χ4n) is 3.99. The molecule has 0 bridgehead atoms. The number of piperidine rings is 1. The van der Waals surface area contributed by atoms with Crippen LogP contribution in [-0.4, -0.2) is 69.0 Å². The number of nitrogens with one attached hydrogen (secondary N) is 3. The first-order chi connectivity index (χ1) is 19.3. The highest BCUT2D eigenvalue weighted by Gasteiger charge is 2.38. The number of likely N-dealkylation sites (tertiary alicyclic amines) is 1. The first-order valence-corrected chi connectivity index (χ1v) is 13.0. The predicted octanol–water partition coefficient (Wildman–Crippen LogP) is 5.41. The summed E-state index contributed by atoms with van der Waals surface area (Å²) in [5.74, 6) is -2.85. The van der Waals surface area contributed by atoms with Gasteiger partial charge in [0.2, 0.25) is 0 Å². The molecule has 2 aromatic carbocycles. The monoisotopic (exact) mass is 594 g/mol. The number of benzene rings is 2. The third-order valence-electron chi connectivity index (χ3n) is 6.17. The molecule has 0 unspecified atom stereocenters. The topological polar surface area (TPSA) is 129 Å². The van der Waals surface area contributed by atoms with Crippen LogP contribution in [0.15, 0.2) is 60.9 Å². The number of carboxylic acids is 1. The Morgan fingerprint density at radius 1 is 1.05 bits per heavy atom. The maximum atomic E-state index is 12.8. The summed E-state index contributed by atoms with van der Waals surface area (Å²) in [6, 6.07) is 14.6. The van der Waals surface area contributed by atoms with Gasteiger partial charge in [-0.15, -0.1) is 0 Å². The van der Waals surface area contributed by atoms with Crippen molar-refractivity contribution in [2.75, 3.05) is 23.7 Å². The van der Waals surface area contributed by atoms with Crippen LogP contribution in [0.1, 0.15) is 37.0 Å². The van der Waals surface area contributed by atoms with E-state index >= 15 is 0 Å². The summed E-state index contributed by atoms with van der Waals surface area (Å²) in [4.78, 5) is 36.5. The number of alkyl halides is 3. The average molecular weight is 595 g/mol. The zero-order valence-corrected chi connectivity index (χ0v) is 23.0. The Kier molecular flexibility index (Phi) is 10.7. The average Bonchev–Trinajstić information content (AvgIpc) is 3.38. The zero-order chi connectivity index (χ0) is 30.2. The standard InChI is InChI=1S/C25H29ClN6O2.C2HF3O2/c1-17(2)31-12-10-19(11-13-31)28-24(33)18-6-5-7-21(14-18)32-16-20(15-27-32)29-25(34)30-23-9-4-3-8-22(23)26;3-2(4,5)1(6)7/h3-9,14-17,19H,10-13H2,1-2H3,(H,28,33)(H2,29,30,34);(H,6,7). The van der Waals surface area contributed by atoms with E-state index in [4.69, 9.17) is 21.5 Å². The molecule has 41 heavy (non-hydrogen) atoms. The van der Waals surface area contributed by atoms with E-state index in [1.54, 1.807) is 53.5 Å². The lowest BCUT2D eigenvalue weighted by Crippen LogP contribution is -2.46. The minimum atomic E-state index is -5.08. The molecule has 0 aliphatic carbocycles. The van der Waals surface area contributed by atoms with Gasteiger partial charge in [0, 0.05) is 30.7 Å². The number of halogens is 4. The minimum absolute atomic E-state index is 0.0885. The van der Waals surface area contributed by atoms with Crippen molar-refractivity contribution in [3.05, 3.63) is 71.5 Å². The first-order valence-electron chi connectivity index (χ1n) is 12.7. The molecular formula is C27H30ClF3N6O4. The Bertz CT molecular complexity index is 1360. The van der Waals surface area contributed by atoms with Crippen LogP contribution in [-0.2, 0) is 4.79 Å². The number of carboxylic acid groups (broad SMARTS) is 1. The van der Waals surface area contributed by atoms with Crippen LogP contribution in [0.3, 0.4) is 0 Å². The number of carbonyl (C=O) groups is 3. The van der Waals surface area contributed by atoms with Crippen molar-refractivity contribution < 1.29 is 32.7 Å². The van der Waals surface area contributed by atoms with Crippen LogP contribution < -0.4 is 16.0 Å². The maximum Gasteiger partial charge on any atom is 0.490 e. The van der Waals surface area contributed by atoms with Crippen molar-refractivity contribution in [3.63, 3.8) is 0 Å². The Morgan fingerprint density at radius 2 is 1.71 bits per heavy atom. The molecular weight excluding hydrogens is 565 g/mol. The molecule has 0 radical (unpaired) electrons. The van der Waals surface area contributed by atoms with Gasteiger partial charge in [-0.2, -0.15) is 18.3 Å².